The zero-order valence-corrected chi connectivity index (χ0v) is 17.7. The molecule has 0 atom stereocenters. The van der Waals surface area contributed by atoms with E-state index in [2.05, 4.69) is 15.4 Å². The number of anilines is 1. The first kappa shape index (κ1) is 19.9. The lowest BCUT2D eigenvalue weighted by molar-refractivity contribution is 0.101. The van der Waals surface area contributed by atoms with E-state index >= 15 is 0 Å². The molecule has 0 saturated carbocycles. The van der Waals surface area contributed by atoms with Crippen molar-refractivity contribution in [1.82, 2.24) is 14.8 Å². The number of aromatic nitrogens is 3. The van der Waals surface area contributed by atoms with Gasteiger partial charge in [0, 0.05) is 5.56 Å². The van der Waals surface area contributed by atoms with E-state index in [0.717, 1.165) is 27.9 Å². The predicted octanol–water partition coefficient (Wildman–Crippen LogP) is 5.77. The monoisotopic (exact) mass is 416 g/mol. The normalized spacial score (nSPS) is 10.8. The Hall–Kier alpha value is -3.44. The third-order valence-corrected chi connectivity index (χ3v) is 5.21. The van der Waals surface area contributed by atoms with Crippen LogP contribution in [0.25, 0.3) is 17.1 Å². The van der Waals surface area contributed by atoms with Gasteiger partial charge in [-0.15, -0.1) is 5.10 Å². The van der Waals surface area contributed by atoms with Crippen molar-refractivity contribution in [3.05, 3.63) is 94.3 Å². The SMILES string of the molecule is Cc1cccc(-c2nc(C(=O)Nc3c(C)cccc3Cl)nn2-c2ccccc2C)c1. The first-order chi connectivity index (χ1) is 14.4. The Balaban J connectivity index is 1.81. The van der Waals surface area contributed by atoms with Crippen LogP contribution >= 0.6 is 11.6 Å². The summed E-state index contributed by atoms with van der Waals surface area (Å²) >= 11 is 6.27. The standard InChI is InChI=1S/C24H21ClN4O/c1-15-8-6-11-18(14-15)23-27-22(28-29(23)20-13-5-4-9-16(20)2)24(30)26-21-17(3)10-7-12-19(21)25/h4-14H,1-3H3,(H,26,30). The smallest absolute Gasteiger partial charge is 0.295 e. The summed E-state index contributed by atoms with van der Waals surface area (Å²) in [5.74, 6) is 0.274. The number of carbonyl (C=O) groups is 1. The molecule has 1 N–H and O–H groups in total. The molecule has 3 aromatic carbocycles. The van der Waals surface area contributed by atoms with Crippen LogP contribution < -0.4 is 5.32 Å². The van der Waals surface area contributed by atoms with Crippen LogP contribution in [0.5, 0.6) is 0 Å². The minimum absolute atomic E-state index is 0.0779. The van der Waals surface area contributed by atoms with E-state index < -0.39 is 5.91 Å². The highest BCUT2D eigenvalue weighted by molar-refractivity contribution is 6.34. The third-order valence-electron chi connectivity index (χ3n) is 4.89. The van der Waals surface area contributed by atoms with Gasteiger partial charge in [0.2, 0.25) is 5.82 Å². The summed E-state index contributed by atoms with van der Waals surface area (Å²) in [6.07, 6.45) is 0. The molecule has 0 aliphatic rings. The van der Waals surface area contributed by atoms with Crippen molar-refractivity contribution in [2.24, 2.45) is 0 Å². The fourth-order valence-corrected chi connectivity index (χ4v) is 3.58. The van der Waals surface area contributed by atoms with Crippen molar-refractivity contribution in [2.45, 2.75) is 20.8 Å². The summed E-state index contributed by atoms with van der Waals surface area (Å²) in [5, 5.41) is 7.88. The molecule has 0 bridgehead atoms. The highest BCUT2D eigenvalue weighted by Crippen LogP contribution is 2.27. The van der Waals surface area contributed by atoms with Gasteiger partial charge >= 0.3 is 0 Å². The van der Waals surface area contributed by atoms with Crippen LogP contribution in [0.1, 0.15) is 27.3 Å². The summed E-state index contributed by atoms with van der Waals surface area (Å²) in [4.78, 5) is 17.6. The maximum Gasteiger partial charge on any atom is 0.295 e. The van der Waals surface area contributed by atoms with Gasteiger partial charge in [0.15, 0.2) is 5.82 Å². The number of hydrogen-bond donors (Lipinski definition) is 1. The van der Waals surface area contributed by atoms with Gasteiger partial charge < -0.3 is 5.32 Å². The Labute approximate surface area is 180 Å². The van der Waals surface area contributed by atoms with Crippen LogP contribution in [-0.4, -0.2) is 20.7 Å². The lowest BCUT2D eigenvalue weighted by Gasteiger charge is -2.09. The highest BCUT2D eigenvalue weighted by atomic mass is 35.5. The van der Waals surface area contributed by atoms with Crippen LogP contribution in [0, 0.1) is 20.8 Å². The average molecular weight is 417 g/mol. The molecule has 1 amide bonds. The number of nitrogens with one attached hydrogen (secondary N) is 1. The second-order valence-corrected chi connectivity index (χ2v) is 7.62. The van der Waals surface area contributed by atoms with Gasteiger partial charge in [0.05, 0.1) is 16.4 Å². The number of aryl methyl sites for hydroxylation is 3. The minimum atomic E-state index is -0.410. The number of nitrogens with zero attached hydrogens (tertiary/aromatic N) is 3. The van der Waals surface area contributed by atoms with Gasteiger partial charge in [0.1, 0.15) is 0 Å². The van der Waals surface area contributed by atoms with E-state index in [1.165, 1.54) is 0 Å². The summed E-state index contributed by atoms with van der Waals surface area (Å²) < 4.78 is 1.72. The van der Waals surface area contributed by atoms with Crippen LogP contribution in [0.15, 0.2) is 66.7 Å². The maximum absolute atomic E-state index is 13.0. The summed E-state index contributed by atoms with van der Waals surface area (Å²) in [7, 11) is 0. The van der Waals surface area contributed by atoms with E-state index in [-0.39, 0.29) is 5.82 Å². The van der Waals surface area contributed by atoms with E-state index in [1.54, 1.807) is 10.7 Å². The molecule has 5 nitrogen and oxygen atoms in total. The lowest BCUT2D eigenvalue weighted by Crippen LogP contribution is -2.15. The van der Waals surface area contributed by atoms with Gasteiger partial charge in [-0.3, -0.25) is 4.79 Å². The molecule has 0 spiro atoms. The van der Waals surface area contributed by atoms with Gasteiger partial charge in [-0.1, -0.05) is 65.7 Å². The fraction of sp³-hybridized carbons (Fsp3) is 0.125. The van der Waals surface area contributed by atoms with Gasteiger partial charge in [-0.2, -0.15) is 0 Å². The van der Waals surface area contributed by atoms with Crippen LogP contribution in [-0.2, 0) is 0 Å². The molecule has 0 saturated heterocycles. The lowest BCUT2D eigenvalue weighted by atomic mass is 10.1. The van der Waals surface area contributed by atoms with Crippen molar-refractivity contribution in [1.29, 1.82) is 0 Å². The Morgan fingerprint density at radius 3 is 2.40 bits per heavy atom. The number of rotatable bonds is 4. The van der Waals surface area contributed by atoms with E-state index in [4.69, 9.17) is 11.6 Å². The largest absolute Gasteiger partial charge is 0.318 e. The molecule has 1 heterocycles. The number of para-hydroxylation sites is 2. The van der Waals surface area contributed by atoms with Gasteiger partial charge in [0.25, 0.3) is 5.91 Å². The molecule has 0 fully saturated rings. The highest BCUT2D eigenvalue weighted by Gasteiger charge is 2.21. The topological polar surface area (TPSA) is 59.8 Å². The number of hydrogen-bond acceptors (Lipinski definition) is 3. The van der Waals surface area contributed by atoms with Crippen molar-refractivity contribution in [3.8, 4) is 17.1 Å². The molecule has 150 valence electrons. The van der Waals surface area contributed by atoms with E-state index in [0.29, 0.717) is 16.5 Å². The fourth-order valence-electron chi connectivity index (χ4n) is 3.31. The zero-order chi connectivity index (χ0) is 21.3. The number of amides is 1. The quantitative estimate of drug-likeness (QED) is 0.459. The maximum atomic E-state index is 13.0. The summed E-state index contributed by atoms with van der Waals surface area (Å²) in [6.45, 7) is 5.91. The summed E-state index contributed by atoms with van der Waals surface area (Å²) in [5.41, 5.74) is 5.32. The Morgan fingerprint density at radius 2 is 1.67 bits per heavy atom. The van der Waals surface area contributed by atoms with Gasteiger partial charge in [-0.05, 0) is 50.1 Å². The minimum Gasteiger partial charge on any atom is -0.318 e. The van der Waals surface area contributed by atoms with Gasteiger partial charge in [-0.25, -0.2) is 9.67 Å². The number of carbonyl (C=O) groups excluding carboxylic acids is 1. The molecule has 30 heavy (non-hydrogen) atoms. The third kappa shape index (κ3) is 3.84. The Kier molecular flexibility index (Phi) is 5.38. The van der Waals surface area contributed by atoms with Crippen LogP contribution in [0.3, 0.4) is 0 Å². The second-order valence-electron chi connectivity index (χ2n) is 7.21. The molecule has 6 heteroatoms. The first-order valence-electron chi connectivity index (χ1n) is 9.60. The van der Waals surface area contributed by atoms with E-state index in [9.17, 15) is 4.79 Å². The molecular weight excluding hydrogens is 396 g/mol. The van der Waals surface area contributed by atoms with Crippen molar-refractivity contribution >= 4 is 23.2 Å². The molecule has 0 aliphatic heterocycles. The Bertz CT molecular complexity index is 1230. The molecule has 4 rings (SSSR count). The second kappa shape index (κ2) is 8.13. The molecule has 1 aromatic heterocycles. The van der Waals surface area contributed by atoms with Crippen molar-refractivity contribution < 1.29 is 4.79 Å². The number of halogens is 1. The molecular formula is C24H21ClN4O. The van der Waals surface area contributed by atoms with Crippen LogP contribution in [0.2, 0.25) is 5.02 Å². The predicted molar refractivity (Wildman–Crippen MR) is 120 cm³/mol. The Morgan fingerprint density at radius 1 is 0.933 bits per heavy atom. The zero-order valence-electron chi connectivity index (χ0n) is 17.0. The molecule has 0 aliphatic carbocycles. The molecule has 0 radical (unpaired) electrons. The van der Waals surface area contributed by atoms with Crippen LogP contribution in [0.4, 0.5) is 5.69 Å². The first-order valence-corrected chi connectivity index (χ1v) is 9.98. The molecule has 4 aromatic rings. The van der Waals surface area contributed by atoms with Crippen molar-refractivity contribution in [2.75, 3.05) is 5.32 Å². The van der Waals surface area contributed by atoms with Crippen molar-refractivity contribution in [3.63, 3.8) is 0 Å². The van der Waals surface area contributed by atoms with E-state index in [1.807, 2.05) is 81.4 Å². The summed E-state index contributed by atoms with van der Waals surface area (Å²) in [6, 6.07) is 21.3. The number of benzene rings is 3. The average Bonchev–Trinajstić information content (AvgIpc) is 3.16. The molecule has 0 unspecified atom stereocenters.